The van der Waals surface area contributed by atoms with Gasteiger partial charge in [-0.05, 0) is 26.0 Å². The molecular formula is C12H18N2O4. The van der Waals surface area contributed by atoms with Gasteiger partial charge >= 0.3 is 0 Å². The highest BCUT2D eigenvalue weighted by molar-refractivity contribution is 5.64. The number of nitrogens with one attached hydrogen (secondary N) is 1. The van der Waals surface area contributed by atoms with Crippen molar-refractivity contribution >= 4 is 11.4 Å². The minimum absolute atomic E-state index is 0.0127. The second-order valence-corrected chi connectivity index (χ2v) is 4.46. The summed E-state index contributed by atoms with van der Waals surface area (Å²) in [6, 6.07) is 4.69. The summed E-state index contributed by atoms with van der Waals surface area (Å²) in [6.07, 6.45) is 0. The zero-order chi connectivity index (χ0) is 13.8. The molecule has 0 fully saturated rings. The second-order valence-electron chi connectivity index (χ2n) is 4.46. The van der Waals surface area contributed by atoms with Crippen molar-refractivity contribution in [1.29, 1.82) is 0 Å². The van der Waals surface area contributed by atoms with E-state index in [9.17, 15) is 10.1 Å². The molecule has 0 heterocycles. The lowest BCUT2D eigenvalue weighted by molar-refractivity contribution is -0.384. The van der Waals surface area contributed by atoms with Gasteiger partial charge in [-0.1, -0.05) is 0 Å². The minimum atomic E-state index is -0.440. The summed E-state index contributed by atoms with van der Waals surface area (Å²) in [7, 11) is 3.07. The number of rotatable bonds is 6. The molecule has 1 rings (SSSR count). The van der Waals surface area contributed by atoms with Gasteiger partial charge in [-0.25, -0.2) is 0 Å². The number of nitrogens with zero attached hydrogens (tertiary/aromatic N) is 1. The van der Waals surface area contributed by atoms with Gasteiger partial charge in [-0.2, -0.15) is 0 Å². The Morgan fingerprint density at radius 1 is 1.39 bits per heavy atom. The van der Waals surface area contributed by atoms with Crippen LogP contribution >= 0.6 is 0 Å². The highest BCUT2D eigenvalue weighted by Gasteiger charge is 2.20. The Balaban J connectivity index is 2.91. The predicted octanol–water partition coefficient (Wildman–Crippen LogP) is 2.44. The molecule has 0 amide bonds. The second kappa shape index (κ2) is 5.68. The molecule has 18 heavy (non-hydrogen) atoms. The summed E-state index contributed by atoms with van der Waals surface area (Å²) < 4.78 is 10.2. The first-order chi connectivity index (χ1) is 8.39. The van der Waals surface area contributed by atoms with E-state index in [1.54, 1.807) is 19.2 Å². The third-order valence-electron chi connectivity index (χ3n) is 2.66. The average Bonchev–Trinajstić information content (AvgIpc) is 2.36. The molecule has 0 saturated carbocycles. The van der Waals surface area contributed by atoms with Crippen molar-refractivity contribution in [2.45, 2.75) is 19.4 Å². The molecule has 0 atom stereocenters. The van der Waals surface area contributed by atoms with Gasteiger partial charge in [0.2, 0.25) is 0 Å². The van der Waals surface area contributed by atoms with Crippen molar-refractivity contribution in [2.75, 3.05) is 26.1 Å². The Labute approximate surface area is 106 Å². The zero-order valence-corrected chi connectivity index (χ0v) is 11.0. The van der Waals surface area contributed by atoms with Crippen LogP contribution in [-0.4, -0.2) is 31.3 Å². The molecule has 1 aromatic rings. The summed E-state index contributed by atoms with van der Waals surface area (Å²) in [5.74, 6) is 0.457. The van der Waals surface area contributed by atoms with Gasteiger partial charge in [0.05, 0.1) is 23.7 Å². The van der Waals surface area contributed by atoms with Gasteiger partial charge in [0, 0.05) is 13.7 Å². The first-order valence-corrected chi connectivity index (χ1v) is 5.51. The lowest BCUT2D eigenvalue weighted by Gasteiger charge is -2.23. The summed E-state index contributed by atoms with van der Waals surface area (Å²) in [4.78, 5) is 10.5. The normalized spacial score (nSPS) is 11.1. The number of nitro benzene ring substituents is 1. The van der Waals surface area contributed by atoms with Crippen LogP contribution in [0.3, 0.4) is 0 Å². The van der Waals surface area contributed by atoms with Crippen molar-refractivity contribution < 1.29 is 14.4 Å². The zero-order valence-electron chi connectivity index (χ0n) is 11.0. The number of anilines is 1. The van der Waals surface area contributed by atoms with Crippen molar-refractivity contribution in [1.82, 2.24) is 0 Å². The summed E-state index contributed by atoms with van der Waals surface area (Å²) in [5.41, 5.74) is 0.0422. The number of nitro groups is 1. The SMILES string of the molecule is COc1ccc(NCC(C)(C)OC)c([N+](=O)[O-])c1. The lowest BCUT2D eigenvalue weighted by Crippen LogP contribution is -2.32. The van der Waals surface area contributed by atoms with Crippen molar-refractivity contribution in [3.63, 3.8) is 0 Å². The molecule has 1 N–H and O–H groups in total. The largest absolute Gasteiger partial charge is 0.496 e. The van der Waals surface area contributed by atoms with Gasteiger partial charge in [-0.15, -0.1) is 0 Å². The maximum Gasteiger partial charge on any atom is 0.296 e. The van der Waals surface area contributed by atoms with Crippen molar-refractivity contribution in [2.24, 2.45) is 0 Å². The van der Waals surface area contributed by atoms with Crippen LogP contribution in [0.5, 0.6) is 5.75 Å². The smallest absolute Gasteiger partial charge is 0.296 e. The number of hydrogen-bond donors (Lipinski definition) is 1. The summed E-state index contributed by atoms with van der Waals surface area (Å²) in [5, 5.41) is 14.0. The molecule has 6 nitrogen and oxygen atoms in total. The van der Waals surface area contributed by atoms with E-state index in [1.165, 1.54) is 13.2 Å². The molecule has 6 heteroatoms. The third kappa shape index (κ3) is 3.59. The summed E-state index contributed by atoms with van der Waals surface area (Å²) >= 11 is 0. The highest BCUT2D eigenvalue weighted by atomic mass is 16.6. The van der Waals surface area contributed by atoms with Crippen LogP contribution in [0.25, 0.3) is 0 Å². The van der Waals surface area contributed by atoms with Crippen LogP contribution in [0.1, 0.15) is 13.8 Å². The minimum Gasteiger partial charge on any atom is -0.496 e. The molecule has 1 aromatic carbocycles. The molecule has 0 aliphatic rings. The molecular weight excluding hydrogens is 236 g/mol. The van der Waals surface area contributed by atoms with Gasteiger partial charge in [0.15, 0.2) is 0 Å². The van der Waals surface area contributed by atoms with Crippen molar-refractivity contribution in [3.8, 4) is 5.75 Å². The van der Waals surface area contributed by atoms with Crippen LogP contribution < -0.4 is 10.1 Å². The van der Waals surface area contributed by atoms with E-state index >= 15 is 0 Å². The maximum absolute atomic E-state index is 11.0. The molecule has 0 spiro atoms. The molecule has 0 aromatic heterocycles. The number of ether oxygens (including phenoxy) is 2. The van der Waals surface area contributed by atoms with Crippen LogP contribution in [0.15, 0.2) is 18.2 Å². The van der Waals surface area contributed by atoms with E-state index in [0.29, 0.717) is 18.0 Å². The van der Waals surface area contributed by atoms with Gasteiger partial charge in [0.25, 0.3) is 5.69 Å². The monoisotopic (exact) mass is 254 g/mol. The predicted molar refractivity (Wildman–Crippen MR) is 69.2 cm³/mol. The molecule has 0 bridgehead atoms. The van der Waals surface area contributed by atoms with Crippen LogP contribution in [0.4, 0.5) is 11.4 Å². The molecule has 0 unspecified atom stereocenters. The van der Waals surface area contributed by atoms with Gasteiger partial charge in [-0.3, -0.25) is 10.1 Å². The first kappa shape index (κ1) is 14.2. The van der Waals surface area contributed by atoms with E-state index < -0.39 is 10.5 Å². The molecule has 0 saturated heterocycles. The first-order valence-electron chi connectivity index (χ1n) is 5.51. The van der Waals surface area contributed by atoms with E-state index in [4.69, 9.17) is 9.47 Å². The Morgan fingerprint density at radius 3 is 2.56 bits per heavy atom. The number of hydrogen-bond acceptors (Lipinski definition) is 5. The molecule has 0 radical (unpaired) electrons. The van der Waals surface area contributed by atoms with Crippen LogP contribution in [-0.2, 0) is 4.74 Å². The standard InChI is InChI=1S/C12H18N2O4/c1-12(2,18-4)8-13-10-6-5-9(17-3)7-11(10)14(15)16/h5-7,13H,8H2,1-4H3. The third-order valence-corrected chi connectivity index (χ3v) is 2.66. The molecule has 100 valence electrons. The maximum atomic E-state index is 11.0. The number of benzene rings is 1. The highest BCUT2D eigenvalue weighted by Crippen LogP contribution is 2.29. The molecule has 0 aliphatic heterocycles. The Bertz CT molecular complexity index is 432. The lowest BCUT2D eigenvalue weighted by atomic mass is 10.1. The van der Waals surface area contributed by atoms with Crippen LogP contribution in [0.2, 0.25) is 0 Å². The summed E-state index contributed by atoms with van der Waals surface area (Å²) in [6.45, 7) is 4.27. The topological polar surface area (TPSA) is 73.6 Å². The van der Waals surface area contributed by atoms with Gasteiger partial charge < -0.3 is 14.8 Å². The van der Waals surface area contributed by atoms with Crippen LogP contribution in [0, 0.1) is 10.1 Å². The Kier molecular flexibility index (Phi) is 4.49. The van der Waals surface area contributed by atoms with E-state index in [0.717, 1.165) is 0 Å². The van der Waals surface area contributed by atoms with E-state index in [-0.39, 0.29) is 5.69 Å². The fraction of sp³-hybridized carbons (Fsp3) is 0.500. The van der Waals surface area contributed by atoms with Crippen molar-refractivity contribution in [3.05, 3.63) is 28.3 Å². The van der Waals surface area contributed by atoms with E-state index in [2.05, 4.69) is 5.32 Å². The Hall–Kier alpha value is -1.82. The Morgan fingerprint density at radius 2 is 2.06 bits per heavy atom. The fourth-order valence-electron chi connectivity index (χ4n) is 1.32. The quantitative estimate of drug-likeness (QED) is 0.623. The fourth-order valence-corrected chi connectivity index (χ4v) is 1.32. The average molecular weight is 254 g/mol. The molecule has 0 aliphatic carbocycles. The van der Waals surface area contributed by atoms with E-state index in [1.807, 2.05) is 13.8 Å². The van der Waals surface area contributed by atoms with Gasteiger partial charge in [0.1, 0.15) is 11.4 Å². The number of methoxy groups -OCH3 is 2.